The highest BCUT2D eigenvalue weighted by Crippen LogP contribution is 2.36. The second-order valence-electron chi connectivity index (χ2n) is 4.23. The van der Waals surface area contributed by atoms with E-state index in [0.29, 0.717) is 11.3 Å². The lowest BCUT2D eigenvalue weighted by atomic mass is 10.1. The molecule has 6 nitrogen and oxygen atoms in total. The molecule has 21 heavy (non-hydrogen) atoms. The lowest BCUT2D eigenvalue weighted by Gasteiger charge is -2.09. The van der Waals surface area contributed by atoms with Gasteiger partial charge in [-0.15, -0.1) is 0 Å². The summed E-state index contributed by atoms with van der Waals surface area (Å²) in [5.41, 5.74) is 0.619. The molecular formula is C14H10BrNO5. The normalized spacial score (nSPS) is 10.2. The van der Waals surface area contributed by atoms with E-state index in [9.17, 15) is 14.9 Å². The average Bonchev–Trinajstić information content (AvgIpc) is 2.40. The van der Waals surface area contributed by atoms with E-state index in [1.807, 2.05) is 0 Å². The van der Waals surface area contributed by atoms with Crippen molar-refractivity contribution in [1.29, 1.82) is 0 Å². The van der Waals surface area contributed by atoms with Gasteiger partial charge in [-0.25, -0.2) is 4.79 Å². The van der Waals surface area contributed by atoms with Crippen LogP contribution in [0.2, 0.25) is 0 Å². The molecule has 0 saturated heterocycles. The number of halogens is 1. The molecule has 0 aliphatic carbocycles. The van der Waals surface area contributed by atoms with Crippen molar-refractivity contribution < 1.29 is 19.6 Å². The van der Waals surface area contributed by atoms with Gasteiger partial charge in [-0.2, -0.15) is 0 Å². The summed E-state index contributed by atoms with van der Waals surface area (Å²) >= 11 is 3.13. The van der Waals surface area contributed by atoms with Crippen molar-refractivity contribution in [3.8, 4) is 11.5 Å². The van der Waals surface area contributed by atoms with Crippen LogP contribution < -0.4 is 4.74 Å². The van der Waals surface area contributed by atoms with E-state index in [-0.39, 0.29) is 21.5 Å². The molecule has 0 heterocycles. The summed E-state index contributed by atoms with van der Waals surface area (Å²) in [7, 11) is 0. The number of nitro benzene ring substituents is 1. The van der Waals surface area contributed by atoms with Gasteiger partial charge in [0, 0.05) is 6.07 Å². The first-order valence-corrected chi connectivity index (χ1v) is 6.64. The van der Waals surface area contributed by atoms with Crippen molar-refractivity contribution >= 4 is 27.6 Å². The number of nitro groups is 1. The summed E-state index contributed by atoms with van der Waals surface area (Å²) in [6.07, 6.45) is 0. The molecule has 0 fully saturated rings. The van der Waals surface area contributed by atoms with Gasteiger partial charge in [-0.05, 0) is 52.7 Å². The Morgan fingerprint density at radius 1 is 1.33 bits per heavy atom. The Morgan fingerprint density at radius 2 is 2.05 bits per heavy atom. The molecule has 0 unspecified atom stereocenters. The third-order valence-corrected chi connectivity index (χ3v) is 3.59. The van der Waals surface area contributed by atoms with Crippen LogP contribution in [0, 0.1) is 17.0 Å². The lowest BCUT2D eigenvalue weighted by Crippen LogP contribution is -1.99. The predicted molar refractivity (Wildman–Crippen MR) is 79.0 cm³/mol. The van der Waals surface area contributed by atoms with E-state index in [1.54, 1.807) is 19.1 Å². The maximum atomic E-state index is 10.9. The van der Waals surface area contributed by atoms with E-state index in [4.69, 9.17) is 9.84 Å². The number of benzene rings is 2. The van der Waals surface area contributed by atoms with Gasteiger partial charge in [0.25, 0.3) is 5.69 Å². The minimum absolute atomic E-state index is 0.105. The fourth-order valence-electron chi connectivity index (χ4n) is 1.79. The minimum Gasteiger partial charge on any atom is -0.478 e. The second-order valence-corrected chi connectivity index (χ2v) is 5.02. The van der Waals surface area contributed by atoms with Crippen LogP contribution in [-0.4, -0.2) is 16.0 Å². The first-order chi connectivity index (χ1) is 9.90. The summed E-state index contributed by atoms with van der Waals surface area (Å²) in [4.78, 5) is 21.3. The first kappa shape index (κ1) is 15.0. The van der Waals surface area contributed by atoms with E-state index in [2.05, 4.69) is 15.9 Å². The molecule has 0 aliphatic heterocycles. The van der Waals surface area contributed by atoms with Crippen LogP contribution in [0.25, 0.3) is 0 Å². The Labute approximate surface area is 128 Å². The predicted octanol–water partition coefficient (Wildman–Crippen LogP) is 4.16. The number of hydrogen-bond acceptors (Lipinski definition) is 4. The van der Waals surface area contributed by atoms with Crippen molar-refractivity contribution in [2.24, 2.45) is 0 Å². The summed E-state index contributed by atoms with van der Waals surface area (Å²) in [6.45, 7) is 1.65. The van der Waals surface area contributed by atoms with Gasteiger partial charge in [-0.3, -0.25) is 10.1 Å². The van der Waals surface area contributed by atoms with E-state index in [0.717, 1.165) is 0 Å². The Hall–Kier alpha value is -2.41. The fraction of sp³-hybridized carbons (Fsp3) is 0.0714. The zero-order chi connectivity index (χ0) is 15.6. The van der Waals surface area contributed by atoms with Crippen molar-refractivity contribution in [3.63, 3.8) is 0 Å². The number of nitrogens with zero attached hydrogens (tertiary/aromatic N) is 1. The van der Waals surface area contributed by atoms with Gasteiger partial charge in [-0.1, -0.05) is 6.07 Å². The highest BCUT2D eigenvalue weighted by Gasteiger charge is 2.17. The van der Waals surface area contributed by atoms with Gasteiger partial charge in [0.05, 0.1) is 10.5 Å². The standard InChI is InChI=1S/C14H10BrNO5/c1-8-7-9(5-6-10(8)14(17)18)21-12-4-2-3-11(13(12)15)16(19)20/h2-7H,1H3,(H,17,18). The number of rotatable bonds is 4. The Balaban J connectivity index is 2.35. The lowest BCUT2D eigenvalue weighted by molar-refractivity contribution is -0.385. The second kappa shape index (κ2) is 5.92. The summed E-state index contributed by atoms with van der Waals surface area (Å²) in [6, 6.07) is 8.94. The Bertz CT molecular complexity index is 729. The third kappa shape index (κ3) is 3.19. The molecule has 2 aromatic rings. The van der Waals surface area contributed by atoms with Crippen LogP contribution in [0.5, 0.6) is 11.5 Å². The monoisotopic (exact) mass is 351 g/mol. The molecule has 1 N–H and O–H groups in total. The van der Waals surface area contributed by atoms with Crippen molar-refractivity contribution in [2.75, 3.05) is 0 Å². The minimum atomic E-state index is -1.02. The zero-order valence-corrected chi connectivity index (χ0v) is 12.5. The molecule has 0 saturated carbocycles. The fourth-order valence-corrected chi connectivity index (χ4v) is 2.28. The molecule has 7 heteroatoms. The van der Waals surface area contributed by atoms with Crippen LogP contribution in [-0.2, 0) is 0 Å². The van der Waals surface area contributed by atoms with Crippen LogP contribution in [0.3, 0.4) is 0 Å². The molecule has 0 amide bonds. The maximum Gasteiger partial charge on any atom is 0.335 e. The van der Waals surface area contributed by atoms with Crippen LogP contribution in [0.1, 0.15) is 15.9 Å². The van der Waals surface area contributed by atoms with Crippen molar-refractivity contribution in [3.05, 3.63) is 62.1 Å². The number of carbonyl (C=O) groups is 1. The summed E-state index contributed by atoms with van der Waals surface area (Å²) in [5, 5.41) is 19.8. The topological polar surface area (TPSA) is 89.7 Å². The van der Waals surface area contributed by atoms with E-state index < -0.39 is 10.9 Å². The molecular weight excluding hydrogens is 342 g/mol. The Morgan fingerprint density at radius 3 is 2.62 bits per heavy atom. The number of carboxylic acid groups (broad SMARTS) is 1. The third-order valence-electron chi connectivity index (χ3n) is 2.80. The van der Waals surface area contributed by atoms with Crippen molar-refractivity contribution in [1.82, 2.24) is 0 Å². The quantitative estimate of drug-likeness (QED) is 0.659. The van der Waals surface area contributed by atoms with Crippen LogP contribution in [0.4, 0.5) is 5.69 Å². The largest absolute Gasteiger partial charge is 0.478 e. The number of ether oxygens (including phenoxy) is 1. The molecule has 0 bridgehead atoms. The maximum absolute atomic E-state index is 10.9. The number of aromatic carboxylic acids is 1. The molecule has 0 spiro atoms. The number of carboxylic acids is 1. The molecule has 2 rings (SSSR count). The van der Waals surface area contributed by atoms with E-state index in [1.165, 1.54) is 24.3 Å². The Kier molecular flexibility index (Phi) is 4.23. The molecule has 0 aliphatic rings. The van der Waals surface area contributed by atoms with Crippen LogP contribution >= 0.6 is 15.9 Å². The highest BCUT2D eigenvalue weighted by molar-refractivity contribution is 9.10. The van der Waals surface area contributed by atoms with Crippen LogP contribution in [0.15, 0.2) is 40.9 Å². The zero-order valence-electron chi connectivity index (χ0n) is 10.9. The molecule has 0 atom stereocenters. The number of aryl methyl sites for hydroxylation is 1. The smallest absolute Gasteiger partial charge is 0.335 e. The summed E-state index contributed by atoms with van der Waals surface area (Å²) < 4.78 is 5.80. The molecule has 0 radical (unpaired) electrons. The van der Waals surface area contributed by atoms with Gasteiger partial charge in [0.2, 0.25) is 0 Å². The molecule has 108 valence electrons. The van der Waals surface area contributed by atoms with E-state index >= 15 is 0 Å². The molecule has 0 aromatic heterocycles. The number of hydrogen-bond donors (Lipinski definition) is 1. The highest BCUT2D eigenvalue weighted by atomic mass is 79.9. The van der Waals surface area contributed by atoms with Gasteiger partial charge >= 0.3 is 5.97 Å². The van der Waals surface area contributed by atoms with Gasteiger partial charge in [0.15, 0.2) is 0 Å². The van der Waals surface area contributed by atoms with Crippen molar-refractivity contribution in [2.45, 2.75) is 6.92 Å². The first-order valence-electron chi connectivity index (χ1n) is 5.85. The van der Waals surface area contributed by atoms with Gasteiger partial charge < -0.3 is 9.84 Å². The average molecular weight is 352 g/mol. The molecule has 2 aromatic carbocycles. The SMILES string of the molecule is Cc1cc(Oc2cccc([N+](=O)[O-])c2Br)ccc1C(=O)O. The summed E-state index contributed by atoms with van der Waals surface area (Å²) in [5.74, 6) is -0.332. The van der Waals surface area contributed by atoms with Gasteiger partial charge in [0.1, 0.15) is 16.0 Å².